The Labute approximate surface area is 125 Å². The monoisotopic (exact) mass is 325 g/mol. The van der Waals surface area contributed by atoms with Crippen molar-refractivity contribution in [3.05, 3.63) is 28.2 Å². The van der Waals surface area contributed by atoms with Gasteiger partial charge in [0.15, 0.2) is 0 Å². The van der Waals surface area contributed by atoms with Gasteiger partial charge >= 0.3 is 0 Å². The van der Waals surface area contributed by atoms with Crippen molar-refractivity contribution in [1.29, 1.82) is 0 Å². The van der Waals surface area contributed by atoms with Gasteiger partial charge in [-0.05, 0) is 49.9 Å². The quantitative estimate of drug-likeness (QED) is 0.795. The second-order valence-electron chi connectivity index (χ2n) is 5.38. The molecule has 0 bridgehead atoms. The van der Waals surface area contributed by atoms with Crippen LogP contribution in [-0.2, 0) is 6.54 Å². The van der Waals surface area contributed by atoms with Gasteiger partial charge in [0.1, 0.15) is 5.75 Å². The standard InChI is InChI=1S/C16H24BrNO/c1-2-9-19-16-8-7-15(17)10-14(16)12-18-11-13-5-3-4-6-13/h7-8,10,13,18H,2-6,9,11-12H2,1H3. The van der Waals surface area contributed by atoms with Crippen LogP contribution in [-0.4, -0.2) is 13.2 Å². The van der Waals surface area contributed by atoms with Crippen LogP contribution >= 0.6 is 15.9 Å². The van der Waals surface area contributed by atoms with E-state index in [4.69, 9.17) is 4.74 Å². The number of hydrogen-bond acceptors (Lipinski definition) is 2. The summed E-state index contributed by atoms with van der Waals surface area (Å²) in [5.41, 5.74) is 1.25. The topological polar surface area (TPSA) is 21.3 Å². The summed E-state index contributed by atoms with van der Waals surface area (Å²) in [4.78, 5) is 0. The van der Waals surface area contributed by atoms with Crippen LogP contribution in [0, 0.1) is 5.92 Å². The smallest absolute Gasteiger partial charge is 0.123 e. The maximum absolute atomic E-state index is 5.80. The van der Waals surface area contributed by atoms with Crippen LogP contribution in [0.1, 0.15) is 44.6 Å². The van der Waals surface area contributed by atoms with Gasteiger partial charge in [0.2, 0.25) is 0 Å². The Kier molecular flexibility index (Phi) is 6.18. The minimum absolute atomic E-state index is 0.789. The Morgan fingerprint density at radius 1 is 1.32 bits per heavy atom. The van der Waals surface area contributed by atoms with Crippen LogP contribution in [0.2, 0.25) is 0 Å². The lowest BCUT2D eigenvalue weighted by molar-refractivity contribution is 0.313. The summed E-state index contributed by atoms with van der Waals surface area (Å²) in [5, 5.41) is 3.59. The number of halogens is 1. The minimum atomic E-state index is 0.789. The van der Waals surface area contributed by atoms with Crippen molar-refractivity contribution in [2.75, 3.05) is 13.2 Å². The number of rotatable bonds is 7. The van der Waals surface area contributed by atoms with E-state index in [9.17, 15) is 0 Å². The molecule has 1 fully saturated rings. The Balaban J connectivity index is 1.87. The molecular weight excluding hydrogens is 302 g/mol. The third kappa shape index (κ3) is 4.81. The van der Waals surface area contributed by atoms with Crippen molar-refractivity contribution in [3.63, 3.8) is 0 Å². The molecule has 0 aromatic heterocycles. The van der Waals surface area contributed by atoms with Gasteiger partial charge in [-0.2, -0.15) is 0 Å². The van der Waals surface area contributed by atoms with Crippen LogP contribution in [0.4, 0.5) is 0 Å². The van der Waals surface area contributed by atoms with E-state index in [0.29, 0.717) is 0 Å². The first-order chi connectivity index (χ1) is 9.29. The molecule has 1 aromatic carbocycles. The fourth-order valence-electron chi connectivity index (χ4n) is 2.66. The molecule has 0 aliphatic heterocycles. The Bertz CT molecular complexity index is 388. The third-order valence-corrected chi connectivity index (χ3v) is 4.20. The van der Waals surface area contributed by atoms with Gasteiger partial charge in [-0.25, -0.2) is 0 Å². The third-order valence-electron chi connectivity index (χ3n) is 3.71. The number of benzene rings is 1. The summed E-state index contributed by atoms with van der Waals surface area (Å²) in [6.07, 6.45) is 6.66. The van der Waals surface area contributed by atoms with Crippen molar-refractivity contribution in [2.45, 2.75) is 45.6 Å². The average molecular weight is 326 g/mol. The van der Waals surface area contributed by atoms with E-state index in [-0.39, 0.29) is 0 Å². The molecule has 1 aromatic rings. The zero-order valence-electron chi connectivity index (χ0n) is 11.8. The summed E-state index contributed by atoms with van der Waals surface area (Å²) in [5.74, 6) is 1.90. The van der Waals surface area contributed by atoms with E-state index in [1.807, 2.05) is 6.07 Å². The van der Waals surface area contributed by atoms with Gasteiger partial charge in [0.25, 0.3) is 0 Å². The van der Waals surface area contributed by atoms with Gasteiger partial charge in [-0.15, -0.1) is 0 Å². The summed E-state index contributed by atoms with van der Waals surface area (Å²) in [6, 6.07) is 6.27. The molecule has 0 amide bonds. The Hall–Kier alpha value is -0.540. The molecule has 0 unspecified atom stereocenters. The molecule has 2 rings (SSSR count). The van der Waals surface area contributed by atoms with Gasteiger partial charge in [0, 0.05) is 16.6 Å². The first-order valence-corrected chi connectivity index (χ1v) is 8.21. The summed E-state index contributed by atoms with van der Waals surface area (Å²) < 4.78 is 6.92. The highest BCUT2D eigenvalue weighted by Crippen LogP contribution is 2.25. The second kappa shape index (κ2) is 7.91. The van der Waals surface area contributed by atoms with Crippen molar-refractivity contribution in [3.8, 4) is 5.75 Å². The molecule has 0 heterocycles. The normalized spacial score (nSPS) is 15.9. The Morgan fingerprint density at radius 2 is 2.11 bits per heavy atom. The van der Waals surface area contributed by atoms with Crippen molar-refractivity contribution >= 4 is 15.9 Å². The SMILES string of the molecule is CCCOc1ccc(Br)cc1CNCC1CCCC1. The van der Waals surface area contributed by atoms with Gasteiger partial charge in [-0.3, -0.25) is 0 Å². The largest absolute Gasteiger partial charge is 0.493 e. The molecule has 0 saturated heterocycles. The molecule has 0 spiro atoms. The molecule has 1 saturated carbocycles. The average Bonchev–Trinajstić information content (AvgIpc) is 2.91. The zero-order valence-corrected chi connectivity index (χ0v) is 13.3. The van der Waals surface area contributed by atoms with Crippen LogP contribution in [0.25, 0.3) is 0 Å². The molecule has 1 N–H and O–H groups in total. The first kappa shape index (κ1) is 14.9. The second-order valence-corrected chi connectivity index (χ2v) is 6.30. The molecule has 1 aliphatic rings. The lowest BCUT2D eigenvalue weighted by Crippen LogP contribution is -2.21. The highest BCUT2D eigenvalue weighted by atomic mass is 79.9. The van der Waals surface area contributed by atoms with Gasteiger partial charge in [-0.1, -0.05) is 35.7 Å². The fourth-order valence-corrected chi connectivity index (χ4v) is 3.07. The summed E-state index contributed by atoms with van der Waals surface area (Å²) in [7, 11) is 0. The van der Waals surface area contributed by atoms with Crippen LogP contribution in [0.3, 0.4) is 0 Å². The molecule has 19 heavy (non-hydrogen) atoms. The number of hydrogen-bond donors (Lipinski definition) is 1. The van der Waals surface area contributed by atoms with E-state index in [0.717, 1.165) is 42.3 Å². The van der Waals surface area contributed by atoms with Crippen molar-refractivity contribution in [2.24, 2.45) is 5.92 Å². The molecular formula is C16H24BrNO. The van der Waals surface area contributed by atoms with E-state index in [1.54, 1.807) is 0 Å². The molecule has 3 heteroatoms. The van der Waals surface area contributed by atoms with Crippen LogP contribution in [0.5, 0.6) is 5.75 Å². The lowest BCUT2D eigenvalue weighted by Gasteiger charge is -2.14. The predicted octanol–water partition coefficient (Wildman–Crippen LogP) is 4.52. The molecule has 0 atom stereocenters. The zero-order chi connectivity index (χ0) is 13.5. The van der Waals surface area contributed by atoms with Crippen molar-refractivity contribution in [1.82, 2.24) is 5.32 Å². The minimum Gasteiger partial charge on any atom is -0.493 e. The maximum atomic E-state index is 5.80. The summed E-state index contributed by atoms with van der Waals surface area (Å²) in [6.45, 7) is 4.96. The van der Waals surface area contributed by atoms with E-state index in [1.165, 1.54) is 31.2 Å². The van der Waals surface area contributed by atoms with E-state index >= 15 is 0 Å². The maximum Gasteiger partial charge on any atom is 0.123 e. The Morgan fingerprint density at radius 3 is 2.84 bits per heavy atom. The number of ether oxygens (including phenoxy) is 1. The highest BCUT2D eigenvalue weighted by molar-refractivity contribution is 9.10. The predicted molar refractivity (Wildman–Crippen MR) is 83.6 cm³/mol. The van der Waals surface area contributed by atoms with Crippen molar-refractivity contribution < 1.29 is 4.74 Å². The van der Waals surface area contributed by atoms with E-state index < -0.39 is 0 Å². The molecule has 0 radical (unpaired) electrons. The van der Waals surface area contributed by atoms with Gasteiger partial charge < -0.3 is 10.1 Å². The number of nitrogens with one attached hydrogen (secondary N) is 1. The van der Waals surface area contributed by atoms with E-state index in [2.05, 4.69) is 40.3 Å². The lowest BCUT2D eigenvalue weighted by atomic mass is 10.1. The van der Waals surface area contributed by atoms with Crippen LogP contribution < -0.4 is 10.1 Å². The molecule has 106 valence electrons. The molecule has 1 aliphatic carbocycles. The van der Waals surface area contributed by atoms with Crippen LogP contribution in [0.15, 0.2) is 22.7 Å². The fraction of sp³-hybridized carbons (Fsp3) is 0.625. The highest BCUT2D eigenvalue weighted by Gasteiger charge is 2.14. The van der Waals surface area contributed by atoms with Gasteiger partial charge in [0.05, 0.1) is 6.61 Å². The first-order valence-electron chi connectivity index (χ1n) is 7.41. The summed E-state index contributed by atoms with van der Waals surface area (Å²) >= 11 is 3.54. The molecule has 2 nitrogen and oxygen atoms in total.